The summed E-state index contributed by atoms with van der Waals surface area (Å²) in [6, 6.07) is 6.14. The van der Waals surface area contributed by atoms with Gasteiger partial charge >= 0.3 is 0 Å². The molecule has 3 heterocycles. The molecule has 0 radical (unpaired) electrons. The van der Waals surface area contributed by atoms with Crippen molar-refractivity contribution in [2.24, 2.45) is 5.16 Å². The number of rotatable bonds is 1. The lowest BCUT2D eigenvalue weighted by atomic mass is 9.95. The number of hydrogen-bond acceptors (Lipinski definition) is 6. The van der Waals surface area contributed by atoms with E-state index >= 15 is 0 Å². The summed E-state index contributed by atoms with van der Waals surface area (Å²) in [5, 5.41) is 14.0. The van der Waals surface area contributed by atoms with Gasteiger partial charge in [-0.25, -0.2) is 4.39 Å². The number of aliphatic hydroxyl groups is 1. The van der Waals surface area contributed by atoms with Crippen LogP contribution < -0.4 is 0 Å². The topological polar surface area (TPSA) is 63.5 Å². The Labute approximate surface area is 120 Å². The van der Waals surface area contributed by atoms with E-state index in [-0.39, 0.29) is 11.9 Å². The van der Waals surface area contributed by atoms with Crippen LogP contribution in [-0.2, 0) is 14.3 Å². The van der Waals surface area contributed by atoms with E-state index in [1.165, 1.54) is 12.1 Å². The summed E-state index contributed by atoms with van der Waals surface area (Å²) < 4.78 is 23.9. The summed E-state index contributed by atoms with van der Waals surface area (Å²) in [6.45, 7) is 1.81. The monoisotopic (exact) mass is 294 g/mol. The van der Waals surface area contributed by atoms with Crippen LogP contribution >= 0.6 is 0 Å². The van der Waals surface area contributed by atoms with Gasteiger partial charge in [0.05, 0.1) is 25.8 Å². The summed E-state index contributed by atoms with van der Waals surface area (Å²) >= 11 is 0. The Morgan fingerprint density at radius 2 is 2.05 bits per heavy atom. The van der Waals surface area contributed by atoms with Crippen LogP contribution in [0, 0.1) is 5.82 Å². The number of oxime groups is 1. The van der Waals surface area contributed by atoms with Crippen LogP contribution in [0.15, 0.2) is 29.4 Å². The highest BCUT2D eigenvalue weighted by molar-refractivity contribution is 5.86. The van der Waals surface area contributed by atoms with E-state index < -0.39 is 11.9 Å². The summed E-state index contributed by atoms with van der Waals surface area (Å²) in [5.74, 6) is 0.0725. The number of hydrogen-bond donors (Lipinski definition) is 1. The van der Waals surface area contributed by atoms with Crippen molar-refractivity contribution in [1.82, 2.24) is 4.90 Å². The second-order valence-electron chi connectivity index (χ2n) is 5.59. The third kappa shape index (κ3) is 2.08. The molecule has 0 saturated carbocycles. The quantitative estimate of drug-likeness (QED) is 0.823. The zero-order valence-corrected chi connectivity index (χ0v) is 11.2. The van der Waals surface area contributed by atoms with Gasteiger partial charge in [0, 0.05) is 0 Å². The molecule has 1 aromatic carbocycles. The van der Waals surface area contributed by atoms with Gasteiger partial charge in [-0.2, -0.15) is 0 Å². The molecule has 0 aliphatic carbocycles. The smallest absolute Gasteiger partial charge is 0.218 e. The van der Waals surface area contributed by atoms with E-state index in [0.29, 0.717) is 32.2 Å². The Hall–Kier alpha value is -1.70. The molecule has 1 N–H and O–H groups in total. The van der Waals surface area contributed by atoms with Crippen molar-refractivity contribution in [3.8, 4) is 0 Å². The highest BCUT2D eigenvalue weighted by atomic mass is 19.1. The molecule has 0 aromatic heterocycles. The first-order valence-corrected chi connectivity index (χ1v) is 6.82. The van der Waals surface area contributed by atoms with Gasteiger partial charge in [0.2, 0.25) is 12.1 Å². The van der Waals surface area contributed by atoms with Crippen molar-refractivity contribution in [3.63, 3.8) is 0 Å². The van der Waals surface area contributed by atoms with Crippen LogP contribution in [-0.4, -0.2) is 54.1 Å². The van der Waals surface area contributed by atoms with Gasteiger partial charge in [-0.1, -0.05) is 17.3 Å². The minimum Gasteiger partial charge on any atom is -0.392 e. The molecule has 0 amide bonds. The van der Waals surface area contributed by atoms with Crippen LogP contribution in [0.2, 0.25) is 0 Å². The molecule has 3 aliphatic rings. The molecule has 2 fully saturated rings. The molecule has 2 atom stereocenters. The number of halogens is 1. The summed E-state index contributed by atoms with van der Waals surface area (Å²) in [4.78, 5) is 7.17. The van der Waals surface area contributed by atoms with E-state index in [1.54, 1.807) is 12.1 Å². The second kappa shape index (κ2) is 4.66. The van der Waals surface area contributed by atoms with Gasteiger partial charge < -0.3 is 24.3 Å². The lowest BCUT2D eigenvalue weighted by Gasteiger charge is -2.52. The van der Waals surface area contributed by atoms with Gasteiger partial charge in [0.1, 0.15) is 18.0 Å². The van der Waals surface area contributed by atoms with Crippen molar-refractivity contribution >= 4 is 5.84 Å². The normalized spacial score (nSPS) is 30.2. The number of benzene rings is 1. The first-order chi connectivity index (χ1) is 10.2. The van der Waals surface area contributed by atoms with E-state index in [1.807, 2.05) is 4.90 Å². The zero-order valence-electron chi connectivity index (χ0n) is 11.2. The molecule has 3 aliphatic heterocycles. The third-order valence-corrected chi connectivity index (χ3v) is 4.09. The molecular weight excluding hydrogens is 279 g/mol. The number of ether oxygens (including phenoxy) is 2. The van der Waals surface area contributed by atoms with Crippen molar-refractivity contribution in [3.05, 3.63) is 35.6 Å². The van der Waals surface area contributed by atoms with E-state index in [4.69, 9.17) is 14.3 Å². The molecule has 6 nitrogen and oxygen atoms in total. The Morgan fingerprint density at radius 1 is 1.29 bits per heavy atom. The third-order valence-electron chi connectivity index (χ3n) is 4.09. The highest BCUT2D eigenvalue weighted by Gasteiger charge is 2.51. The van der Waals surface area contributed by atoms with E-state index in [9.17, 15) is 9.50 Å². The average molecular weight is 294 g/mol. The molecule has 1 spiro atoms. The summed E-state index contributed by atoms with van der Waals surface area (Å²) in [5.41, 5.74) is 0.418. The minimum atomic E-state index is -1.13. The fourth-order valence-corrected chi connectivity index (χ4v) is 2.94. The van der Waals surface area contributed by atoms with Crippen LogP contribution in [0.3, 0.4) is 0 Å². The Balaban J connectivity index is 1.66. The first-order valence-electron chi connectivity index (χ1n) is 6.82. The highest BCUT2D eigenvalue weighted by Crippen LogP contribution is 2.36. The van der Waals surface area contributed by atoms with Crippen molar-refractivity contribution in [2.45, 2.75) is 17.9 Å². The first kappa shape index (κ1) is 13.0. The largest absolute Gasteiger partial charge is 0.392 e. The van der Waals surface area contributed by atoms with Gasteiger partial charge in [-0.15, -0.1) is 0 Å². The van der Waals surface area contributed by atoms with Crippen LogP contribution in [0.5, 0.6) is 0 Å². The molecule has 7 heteroatoms. The van der Waals surface area contributed by atoms with Gasteiger partial charge in [-0.05, 0) is 17.7 Å². The molecule has 4 rings (SSSR count). The molecule has 0 bridgehead atoms. The maximum Gasteiger partial charge on any atom is 0.218 e. The Morgan fingerprint density at radius 3 is 2.71 bits per heavy atom. The molecule has 1 aromatic rings. The van der Waals surface area contributed by atoms with Gasteiger partial charge in [0.25, 0.3) is 0 Å². The van der Waals surface area contributed by atoms with Crippen molar-refractivity contribution in [2.75, 3.05) is 26.4 Å². The van der Waals surface area contributed by atoms with Gasteiger partial charge in [0.15, 0.2) is 0 Å². The maximum atomic E-state index is 13.1. The molecule has 21 heavy (non-hydrogen) atoms. The van der Waals surface area contributed by atoms with Crippen LogP contribution in [0.1, 0.15) is 11.6 Å². The van der Waals surface area contributed by atoms with E-state index in [0.717, 1.165) is 5.56 Å². The molecule has 112 valence electrons. The van der Waals surface area contributed by atoms with Crippen LogP contribution in [0.4, 0.5) is 4.39 Å². The standard InChI is InChI=1S/C14H15FN2O4/c15-10-3-1-9(2-4-10)11-5-20-16-12-13(18)21-14(6-17(11)12)7-19-8-14/h1-4,11,13,18H,5-8H2. The Kier molecular flexibility index (Phi) is 2.88. The zero-order chi connectivity index (χ0) is 14.4. The van der Waals surface area contributed by atoms with E-state index in [2.05, 4.69) is 5.16 Å². The van der Waals surface area contributed by atoms with Crippen molar-refractivity contribution in [1.29, 1.82) is 0 Å². The number of morpholine rings is 1. The molecular formula is C14H15FN2O4. The SMILES string of the molecule is OC1OC2(COC2)CN2C1=NOCC2c1ccc(F)cc1. The predicted molar refractivity (Wildman–Crippen MR) is 69.9 cm³/mol. The number of aliphatic hydroxyl groups excluding tert-OH is 1. The second-order valence-corrected chi connectivity index (χ2v) is 5.59. The van der Waals surface area contributed by atoms with Crippen molar-refractivity contribution < 1.29 is 23.8 Å². The number of fused-ring (bicyclic) bond motifs is 1. The lowest BCUT2D eigenvalue weighted by molar-refractivity contribution is -0.277. The average Bonchev–Trinajstić information content (AvgIpc) is 2.46. The minimum absolute atomic E-state index is 0.130. The predicted octanol–water partition coefficient (Wildman–Crippen LogP) is 0.630. The van der Waals surface area contributed by atoms with Crippen LogP contribution in [0.25, 0.3) is 0 Å². The maximum absolute atomic E-state index is 13.1. The Bertz CT molecular complexity index is 573. The molecule has 2 unspecified atom stereocenters. The fourth-order valence-electron chi connectivity index (χ4n) is 2.94. The van der Waals surface area contributed by atoms with Gasteiger partial charge in [-0.3, -0.25) is 0 Å². The fraction of sp³-hybridized carbons (Fsp3) is 0.500. The molecule has 2 saturated heterocycles. The number of amidine groups is 1. The number of nitrogens with zero attached hydrogens (tertiary/aromatic N) is 2. The lowest BCUT2D eigenvalue weighted by Crippen LogP contribution is -2.68. The summed E-state index contributed by atoms with van der Waals surface area (Å²) in [7, 11) is 0. The summed E-state index contributed by atoms with van der Waals surface area (Å²) in [6.07, 6.45) is -1.13.